The number of carbonyl (C=O) groups is 2. The van der Waals surface area contributed by atoms with Crippen molar-refractivity contribution < 1.29 is 19.4 Å². The topological polar surface area (TPSA) is 63.6 Å². The highest BCUT2D eigenvalue weighted by atomic mass is 16.5. The molecular weight excluding hydrogens is 617 g/mol. The summed E-state index contributed by atoms with van der Waals surface area (Å²) in [6.07, 6.45) is 53.9. The van der Waals surface area contributed by atoms with Crippen LogP contribution in [0.25, 0.3) is 0 Å². The van der Waals surface area contributed by atoms with Gasteiger partial charge in [0.25, 0.3) is 0 Å². The Labute approximate surface area is 312 Å². The fourth-order valence-corrected chi connectivity index (χ4v) is 6.86. The second-order valence-corrected chi connectivity index (χ2v) is 15.2. The molecule has 0 aliphatic rings. The lowest BCUT2D eigenvalue weighted by atomic mass is 10.0. The first-order valence-electron chi connectivity index (χ1n) is 22.3. The van der Waals surface area contributed by atoms with E-state index in [2.05, 4.69) is 38.2 Å². The summed E-state index contributed by atoms with van der Waals surface area (Å²) in [6, 6.07) is 0. The molecule has 0 aliphatic heterocycles. The molecule has 1 atom stereocenters. The van der Waals surface area contributed by atoms with Crippen molar-refractivity contribution in [1.82, 2.24) is 0 Å². The van der Waals surface area contributed by atoms with Gasteiger partial charge in [0.15, 0.2) is 0 Å². The normalized spacial score (nSPS) is 12.4. The molecule has 0 radical (unpaired) electrons. The van der Waals surface area contributed by atoms with Crippen molar-refractivity contribution in [3.05, 3.63) is 24.3 Å². The standard InChI is InChI=1S/C46H86O4/c1-3-5-7-9-10-11-12-13-14-15-16-17-18-23-26-29-32-35-39-43-46(49)50-44(40-36-8-6-4-2)41-37-33-30-27-24-21-19-20-22-25-28-31-34-38-42-45(47)48/h10-11,13-14,44H,3-9,12,15-43H2,1-2H3,(H,47,48)/b11-10-,14-13-. The Balaban J connectivity index is 3.75. The molecule has 0 fully saturated rings. The maximum absolute atomic E-state index is 12.7. The predicted octanol–water partition coefficient (Wildman–Crippen LogP) is 15.6. The van der Waals surface area contributed by atoms with Crippen molar-refractivity contribution in [3.63, 3.8) is 0 Å². The van der Waals surface area contributed by atoms with E-state index in [-0.39, 0.29) is 12.1 Å². The van der Waals surface area contributed by atoms with Gasteiger partial charge in [0, 0.05) is 12.8 Å². The number of carboxylic acids is 1. The van der Waals surface area contributed by atoms with E-state index >= 15 is 0 Å². The lowest BCUT2D eigenvalue weighted by Gasteiger charge is -2.18. The van der Waals surface area contributed by atoms with Crippen molar-refractivity contribution in [3.8, 4) is 0 Å². The minimum atomic E-state index is -0.665. The molecule has 0 rings (SSSR count). The molecule has 0 amide bonds. The first kappa shape index (κ1) is 48.4. The molecular formula is C46H86O4. The third-order valence-corrected chi connectivity index (χ3v) is 10.2. The van der Waals surface area contributed by atoms with Gasteiger partial charge in [-0.05, 0) is 70.6 Å². The third kappa shape index (κ3) is 40.8. The molecule has 0 aromatic heterocycles. The van der Waals surface area contributed by atoms with Crippen LogP contribution in [0.2, 0.25) is 0 Å². The summed E-state index contributed by atoms with van der Waals surface area (Å²) in [5.41, 5.74) is 0. The molecule has 0 saturated heterocycles. The van der Waals surface area contributed by atoms with Crippen molar-refractivity contribution in [2.45, 2.75) is 258 Å². The number of rotatable bonds is 41. The first-order chi connectivity index (χ1) is 24.6. The van der Waals surface area contributed by atoms with Gasteiger partial charge in [0.05, 0.1) is 0 Å². The van der Waals surface area contributed by atoms with Gasteiger partial charge in [-0.25, -0.2) is 0 Å². The molecule has 0 aliphatic carbocycles. The molecule has 294 valence electrons. The molecule has 0 heterocycles. The maximum atomic E-state index is 12.7. The van der Waals surface area contributed by atoms with Crippen LogP contribution in [0.4, 0.5) is 0 Å². The van der Waals surface area contributed by atoms with E-state index in [1.807, 2.05) is 0 Å². The summed E-state index contributed by atoms with van der Waals surface area (Å²) in [4.78, 5) is 23.2. The number of esters is 1. The Kier molecular flexibility index (Phi) is 40.5. The molecule has 0 saturated carbocycles. The molecule has 1 unspecified atom stereocenters. The van der Waals surface area contributed by atoms with E-state index in [1.54, 1.807) is 0 Å². The van der Waals surface area contributed by atoms with Crippen LogP contribution in [0, 0.1) is 0 Å². The Bertz CT molecular complexity index is 757. The van der Waals surface area contributed by atoms with Crippen LogP contribution < -0.4 is 0 Å². The van der Waals surface area contributed by atoms with Gasteiger partial charge in [0.2, 0.25) is 0 Å². The summed E-state index contributed by atoms with van der Waals surface area (Å²) in [7, 11) is 0. The van der Waals surface area contributed by atoms with Crippen molar-refractivity contribution in [2.24, 2.45) is 0 Å². The van der Waals surface area contributed by atoms with Gasteiger partial charge in [0.1, 0.15) is 6.10 Å². The summed E-state index contributed by atoms with van der Waals surface area (Å²) in [6.45, 7) is 4.51. The van der Waals surface area contributed by atoms with Crippen molar-refractivity contribution in [2.75, 3.05) is 0 Å². The van der Waals surface area contributed by atoms with Gasteiger partial charge < -0.3 is 9.84 Å². The summed E-state index contributed by atoms with van der Waals surface area (Å²) in [5, 5.41) is 8.69. The average molecular weight is 703 g/mol. The van der Waals surface area contributed by atoms with Gasteiger partial charge in [-0.15, -0.1) is 0 Å². The zero-order chi connectivity index (χ0) is 36.4. The van der Waals surface area contributed by atoms with Crippen LogP contribution >= 0.6 is 0 Å². The predicted molar refractivity (Wildman–Crippen MR) is 218 cm³/mol. The molecule has 4 heteroatoms. The molecule has 0 spiro atoms. The van der Waals surface area contributed by atoms with Crippen LogP contribution in [-0.2, 0) is 14.3 Å². The second kappa shape index (κ2) is 41.8. The number of unbranched alkanes of at least 4 members (excludes halogenated alkanes) is 28. The highest BCUT2D eigenvalue weighted by Crippen LogP contribution is 2.19. The van der Waals surface area contributed by atoms with Gasteiger partial charge in [-0.1, -0.05) is 192 Å². The Morgan fingerprint density at radius 2 is 0.780 bits per heavy atom. The summed E-state index contributed by atoms with van der Waals surface area (Å²) in [5.74, 6) is -0.622. The SMILES string of the molecule is CCCCC/C=C\C/C=C\CCCCCCCCCCCC(=O)OC(CCCCCC)CCCCCCCCCCCCCCCCC(=O)O. The number of ether oxygens (including phenoxy) is 1. The summed E-state index contributed by atoms with van der Waals surface area (Å²) >= 11 is 0. The Hall–Kier alpha value is -1.58. The Morgan fingerprint density at radius 3 is 1.22 bits per heavy atom. The number of aliphatic carboxylic acids is 1. The average Bonchev–Trinajstić information content (AvgIpc) is 3.10. The molecule has 0 aromatic rings. The smallest absolute Gasteiger partial charge is 0.306 e. The lowest BCUT2D eigenvalue weighted by Crippen LogP contribution is -2.18. The zero-order valence-electron chi connectivity index (χ0n) is 33.7. The van der Waals surface area contributed by atoms with Gasteiger partial charge in [-0.3, -0.25) is 9.59 Å². The van der Waals surface area contributed by atoms with E-state index in [0.717, 1.165) is 44.9 Å². The fraction of sp³-hybridized carbons (Fsp3) is 0.870. The Morgan fingerprint density at radius 1 is 0.440 bits per heavy atom. The second-order valence-electron chi connectivity index (χ2n) is 15.2. The molecule has 0 aromatic carbocycles. The highest BCUT2D eigenvalue weighted by Gasteiger charge is 2.14. The van der Waals surface area contributed by atoms with Crippen LogP contribution in [-0.4, -0.2) is 23.1 Å². The molecule has 1 N–H and O–H groups in total. The minimum Gasteiger partial charge on any atom is -0.481 e. The van der Waals surface area contributed by atoms with E-state index in [4.69, 9.17) is 9.84 Å². The minimum absolute atomic E-state index is 0.0423. The van der Waals surface area contributed by atoms with Crippen LogP contribution in [0.15, 0.2) is 24.3 Å². The number of hydrogen-bond acceptors (Lipinski definition) is 3. The number of hydrogen-bond donors (Lipinski definition) is 1. The largest absolute Gasteiger partial charge is 0.481 e. The van der Waals surface area contributed by atoms with E-state index < -0.39 is 5.97 Å². The van der Waals surface area contributed by atoms with Crippen LogP contribution in [0.1, 0.15) is 251 Å². The molecule has 0 bridgehead atoms. The number of allylic oxidation sites excluding steroid dienone is 4. The lowest BCUT2D eigenvalue weighted by molar-refractivity contribution is -0.150. The monoisotopic (exact) mass is 703 g/mol. The summed E-state index contributed by atoms with van der Waals surface area (Å²) < 4.78 is 6.03. The molecule has 50 heavy (non-hydrogen) atoms. The molecule has 4 nitrogen and oxygen atoms in total. The highest BCUT2D eigenvalue weighted by molar-refractivity contribution is 5.69. The van der Waals surface area contributed by atoms with E-state index in [1.165, 1.54) is 180 Å². The van der Waals surface area contributed by atoms with E-state index in [0.29, 0.717) is 12.8 Å². The van der Waals surface area contributed by atoms with Gasteiger partial charge in [-0.2, -0.15) is 0 Å². The van der Waals surface area contributed by atoms with Crippen molar-refractivity contribution in [1.29, 1.82) is 0 Å². The fourth-order valence-electron chi connectivity index (χ4n) is 6.86. The van der Waals surface area contributed by atoms with E-state index in [9.17, 15) is 9.59 Å². The maximum Gasteiger partial charge on any atom is 0.306 e. The van der Waals surface area contributed by atoms with Crippen LogP contribution in [0.3, 0.4) is 0 Å². The number of carbonyl (C=O) groups excluding carboxylic acids is 1. The zero-order valence-corrected chi connectivity index (χ0v) is 33.7. The number of carboxylic acid groups (broad SMARTS) is 1. The quantitative estimate of drug-likeness (QED) is 0.0391. The van der Waals surface area contributed by atoms with Crippen molar-refractivity contribution >= 4 is 11.9 Å². The van der Waals surface area contributed by atoms with Gasteiger partial charge >= 0.3 is 11.9 Å². The van der Waals surface area contributed by atoms with Crippen LogP contribution in [0.5, 0.6) is 0 Å². The first-order valence-corrected chi connectivity index (χ1v) is 22.3. The third-order valence-electron chi connectivity index (χ3n) is 10.2.